The third kappa shape index (κ3) is 4.72. The predicted molar refractivity (Wildman–Crippen MR) is 93.8 cm³/mol. The van der Waals surface area contributed by atoms with Crippen LogP contribution in [0.5, 0.6) is 11.5 Å². The summed E-state index contributed by atoms with van der Waals surface area (Å²) in [5.74, 6) is 1.03. The largest absolute Gasteiger partial charge is 0.486 e. The first-order valence-corrected chi connectivity index (χ1v) is 8.69. The zero-order chi connectivity index (χ0) is 19.4. The van der Waals surface area contributed by atoms with Crippen molar-refractivity contribution >= 4 is 5.91 Å². The van der Waals surface area contributed by atoms with Crippen molar-refractivity contribution in [1.29, 1.82) is 0 Å². The van der Waals surface area contributed by atoms with Crippen LogP contribution in [-0.4, -0.2) is 36.6 Å². The Morgan fingerprint density at radius 3 is 2.59 bits per heavy atom. The average molecular weight is 379 g/mol. The molecule has 1 aliphatic heterocycles. The van der Waals surface area contributed by atoms with Gasteiger partial charge in [0.1, 0.15) is 6.61 Å². The van der Waals surface area contributed by atoms with E-state index < -0.39 is 11.7 Å². The summed E-state index contributed by atoms with van der Waals surface area (Å²) in [5.41, 5.74) is -0.420. The summed E-state index contributed by atoms with van der Waals surface area (Å²) in [4.78, 5) is 14.1. The number of carbonyl (C=O) groups excluding carboxylic acids is 1. The minimum Gasteiger partial charge on any atom is -0.486 e. The highest BCUT2D eigenvalue weighted by Gasteiger charge is 2.31. The zero-order valence-corrected chi connectivity index (χ0v) is 14.8. The quantitative estimate of drug-likeness (QED) is 0.790. The second-order valence-corrected chi connectivity index (χ2v) is 6.30. The highest BCUT2D eigenvalue weighted by Crippen LogP contribution is 2.31. The van der Waals surface area contributed by atoms with Crippen LogP contribution in [0.3, 0.4) is 0 Å². The van der Waals surface area contributed by atoms with Crippen molar-refractivity contribution < 1.29 is 27.4 Å². The van der Waals surface area contributed by atoms with E-state index in [2.05, 4.69) is 0 Å². The van der Waals surface area contributed by atoms with Crippen molar-refractivity contribution in [3.05, 3.63) is 59.7 Å². The lowest BCUT2D eigenvalue weighted by Gasteiger charge is -2.31. The van der Waals surface area contributed by atoms with Crippen LogP contribution in [-0.2, 0) is 17.4 Å². The zero-order valence-electron chi connectivity index (χ0n) is 14.8. The van der Waals surface area contributed by atoms with Crippen LogP contribution in [0.25, 0.3) is 0 Å². The number of halogens is 3. The number of amides is 1. The third-order valence-electron chi connectivity index (χ3n) is 4.34. The van der Waals surface area contributed by atoms with Crippen LogP contribution in [0.4, 0.5) is 13.2 Å². The van der Waals surface area contributed by atoms with Crippen molar-refractivity contribution in [3.8, 4) is 11.5 Å². The first-order valence-electron chi connectivity index (χ1n) is 8.69. The van der Waals surface area contributed by atoms with E-state index in [1.54, 1.807) is 11.0 Å². The molecule has 0 N–H and O–H groups in total. The van der Waals surface area contributed by atoms with Gasteiger partial charge >= 0.3 is 6.18 Å². The number of ether oxygens (including phenoxy) is 2. The Labute approximate surface area is 155 Å². The van der Waals surface area contributed by atoms with E-state index in [4.69, 9.17) is 9.47 Å². The van der Waals surface area contributed by atoms with Crippen molar-refractivity contribution in [2.45, 2.75) is 25.6 Å². The van der Waals surface area contributed by atoms with Gasteiger partial charge in [0, 0.05) is 6.54 Å². The molecule has 1 aliphatic rings. The number of fused-ring (bicyclic) bond motifs is 1. The van der Waals surface area contributed by atoms with Gasteiger partial charge in [-0.1, -0.05) is 30.3 Å². The molecule has 1 atom stereocenters. The van der Waals surface area contributed by atoms with Gasteiger partial charge in [0.15, 0.2) is 17.6 Å². The van der Waals surface area contributed by atoms with Crippen LogP contribution in [0, 0.1) is 0 Å². The second kappa shape index (κ2) is 7.90. The molecule has 0 fully saturated rings. The molecule has 0 bridgehead atoms. The van der Waals surface area contributed by atoms with Crippen molar-refractivity contribution in [2.24, 2.45) is 0 Å². The van der Waals surface area contributed by atoms with E-state index in [9.17, 15) is 18.0 Å². The van der Waals surface area contributed by atoms with Gasteiger partial charge in [0.2, 0.25) is 5.91 Å². The van der Waals surface area contributed by atoms with Crippen LogP contribution >= 0.6 is 0 Å². The molecule has 0 radical (unpaired) electrons. The van der Waals surface area contributed by atoms with Crippen LogP contribution in [0.15, 0.2) is 48.5 Å². The number of likely N-dealkylation sites (N-methyl/N-ethyl adjacent to an activating group) is 1. The molecule has 4 nitrogen and oxygen atoms in total. The van der Waals surface area contributed by atoms with E-state index in [0.29, 0.717) is 36.8 Å². The number of carbonyl (C=O) groups is 1. The van der Waals surface area contributed by atoms with E-state index in [1.165, 1.54) is 12.1 Å². The van der Waals surface area contributed by atoms with E-state index in [-0.39, 0.29) is 18.4 Å². The molecule has 0 spiro atoms. The summed E-state index contributed by atoms with van der Waals surface area (Å²) in [6.45, 7) is 2.87. The number of para-hydroxylation sites is 2. The van der Waals surface area contributed by atoms with E-state index in [0.717, 1.165) is 12.1 Å². The van der Waals surface area contributed by atoms with Crippen LogP contribution in [0.2, 0.25) is 0 Å². The normalized spacial score (nSPS) is 16.1. The highest BCUT2D eigenvalue weighted by atomic mass is 19.4. The number of benzene rings is 2. The van der Waals surface area contributed by atoms with Gasteiger partial charge in [-0.3, -0.25) is 4.79 Å². The summed E-state index contributed by atoms with van der Waals surface area (Å²) in [7, 11) is 0. The molecule has 0 aromatic heterocycles. The van der Waals surface area contributed by atoms with E-state index >= 15 is 0 Å². The number of hydrogen-bond donors (Lipinski definition) is 0. The lowest BCUT2D eigenvalue weighted by Crippen LogP contribution is -2.44. The maximum Gasteiger partial charge on any atom is 0.416 e. The Balaban J connectivity index is 1.63. The van der Waals surface area contributed by atoms with Crippen molar-refractivity contribution in [1.82, 2.24) is 4.90 Å². The average Bonchev–Trinajstić information content (AvgIpc) is 2.65. The van der Waals surface area contributed by atoms with Crippen LogP contribution < -0.4 is 9.47 Å². The lowest BCUT2D eigenvalue weighted by atomic mass is 10.1. The Hall–Kier alpha value is -2.70. The number of alkyl halides is 3. The predicted octanol–water partition coefficient (Wildman–Crippen LogP) is 3.94. The monoisotopic (exact) mass is 379 g/mol. The third-order valence-corrected chi connectivity index (χ3v) is 4.34. The standard InChI is InChI=1S/C20H20F3NO3/c1-2-24(12-16-13-26-17-8-3-4-9-18(17)27-16)19(25)11-14-6-5-7-15(10-14)20(21,22)23/h3-10,16H,2,11-13H2,1H3. The van der Waals surface area contributed by atoms with Crippen molar-refractivity contribution in [3.63, 3.8) is 0 Å². The Morgan fingerprint density at radius 2 is 1.89 bits per heavy atom. The maximum absolute atomic E-state index is 12.8. The number of rotatable bonds is 5. The van der Waals surface area contributed by atoms with Gasteiger partial charge < -0.3 is 14.4 Å². The first-order chi connectivity index (χ1) is 12.9. The highest BCUT2D eigenvalue weighted by molar-refractivity contribution is 5.78. The molecule has 3 rings (SSSR count). The second-order valence-electron chi connectivity index (χ2n) is 6.30. The molecule has 2 aromatic carbocycles. The fourth-order valence-corrected chi connectivity index (χ4v) is 2.95. The van der Waals surface area contributed by atoms with Crippen LogP contribution in [0.1, 0.15) is 18.1 Å². The van der Waals surface area contributed by atoms with Gasteiger partial charge in [-0.2, -0.15) is 13.2 Å². The Kier molecular flexibility index (Phi) is 5.58. The molecule has 0 saturated heterocycles. The maximum atomic E-state index is 12.8. The lowest BCUT2D eigenvalue weighted by molar-refractivity contribution is -0.138. The molecule has 144 valence electrons. The Bertz CT molecular complexity index is 807. The first kappa shape index (κ1) is 19.1. The number of hydrogen-bond acceptors (Lipinski definition) is 3. The molecule has 0 saturated carbocycles. The number of nitrogens with zero attached hydrogens (tertiary/aromatic N) is 1. The van der Waals surface area contributed by atoms with Gasteiger partial charge in [-0.05, 0) is 30.7 Å². The molecule has 1 amide bonds. The molecular weight excluding hydrogens is 359 g/mol. The SMILES string of the molecule is CCN(CC1COc2ccccc2O1)C(=O)Cc1cccc(C(F)(F)F)c1. The summed E-state index contributed by atoms with van der Waals surface area (Å²) in [6, 6.07) is 12.1. The smallest absolute Gasteiger partial charge is 0.416 e. The fraction of sp³-hybridized carbons (Fsp3) is 0.350. The minimum absolute atomic E-state index is 0.0953. The van der Waals surface area contributed by atoms with Gasteiger partial charge in [-0.25, -0.2) is 0 Å². The molecule has 1 heterocycles. The van der Waals surface area contributed by atoms with Gasteiger partial charge in [0.05, 0.1) is 18.5 Å². The van der Waals surface area contributed by atoms with Crippen molar-refractivity contribution in [2.75, 3.05) is 19.7 Å². The molecule has 7 heteroatoms. The van der Waals surface area contributed by atoms with Gasteiger partial charge in [-0.15, -0.1) is 0 Å². The molecule has 0 aliphatic carbocycles. The van der Waals surface area contributed by atoms with E-state index in [1.807, 2.05) is 25.1 Å². The molecule has 27 heavy (non-hydrogen) atoms. The molecular formula is C20H20F3NO3. The Morgan fingerprint density at radius 1 is 1.15 bits per heavy atom. The topological polar surface area (TPSA) is 38.8 Å². The minimum atomic E-state index is -4.43. The van der Waals surface area contributed by atoms with Gasteiger partial charge in [0.25, 0.3) is 0 Å². The summed E-state index contributed by atoms with van der Waals surface area (Å²) in [6.07, 6.45) is -4.85. The molecule has 2 aromatic rings. The summed E-state index contributed by atoms with van der Waals surface area (Å²) < 4.78 is 50.0. The fourth-order valence-electron chi connectivity index (χ4n) is 2.95. The summed E-state index contributed by atoms with van der Waals surface area (Å²) >= 11 is 0. The summed E-state index contributed by atoms with van der Waals surface area (Å²) in [5, 5.41) is 0. The molecule has 1 unspecified atom stereocenters.